The third kappa shape index (κ3) is 3.57. The summed E-state index contributed by atoms with van der Waals surface area (Å²) >= 11 is 6.12. The highest BCUT2D eigenvalue weighted by Crippen LogP contribution is 2.32. The van der Waals surface area contributed by atoms with E-state index in [0.29, 0.717) is 24.2 Å². The van der Waals surface area contributed by atoms with Crippen molar-refractivity contribution in [1.29, 1.82) is 5.26 Å². The molecule has 0 unspecified atom stereocenters. The Morgan fingerprint density at radius 2 is 2.11 bits per heavy atom. The molecule has 0 saturated heterocycles. The maximum Gasteiger partial charge on any atom is 0.137 e. The van der Waals surface area contributed by atoms with Gasteiger partial charge in [0.15, 0.2) is 0 Å². The molecule has 0 radical (unpaired) electrons. The zero-order valence-electron chi connectivity index (χ0n) is 11.6. The highest BCUT2D eigenvalue weighted by atomic mass is 35.5. The fraction of sp³-hybridized carbons (Fsp3) is 0.643. The lowest BCUT2D eigenvalue weighted by Gasteiger charge is -2.25. The fourth-order valence-electron chi connectivity index (χ4n) is 1.93. The minimum atomic E-state index is -0.135. The molecule has 102 valence electrons. The minimum absolute atomic E-state index is 0.135. The smallest absolute Gasteiger partial charge is 0.137 e. The standard InChI is InChI=1S/C14H19ClN4/c1-14(2,3)13-17-11(15)9-12(18-13)19(8-4-7-16)10-5-6-10/h9-10H,4-6,8H2,1-3H3. The van der Waals surface area contributed by atoms with Gasteiger partial charge in [-0.2, -0.15) is 5.26 Å². The van der Waals surface area contributed by atoms with Crippen molar-refractivity contribution >= 4 is 17.4 Å². The van der Waals surface area contributed by atoms with Gasteiger partial charge in [0.2, 0.25) is 0 Å². The van der Waals surface area contributed by atoms with Gasteiger partial charge in [-0.15, -0.1) is 0 Å². The van der Waals surface area contributed by atoms with E-state index in [2.05, 4.69) is 41.7 Å². The first-order chi connectivity index (χ1) is 8.91. The Labute approximate surface area is 119 Å². The van der Waals surface area contributed by atoms with Crippen LogP contribution in [0.2, 0.25) is 5.15 Å². The summed E-state index contributed by atoms with van der Waals surface area (Å²) in [5.41, 5.74) is -0.135. The SMILES string of the molecule is CC(C)(C)c1nc(Cl)cc(N(CCC#N)C2CC2)n1. The lowest BCUT2D eigenvalue weighted by Crippen LogP contribution is -2.29. The average molecular weight is 279 g/mol. The zero-order chi connectivity index (χ0) is 14.0. The molecule has 2 rings (SSSR count). The van der Waals surface area contributed by atoms with E-state index in [1.165, 1.54) is 0 Å². The molecule has 1 aliphatic rings. The van der Waals surface area contributed by atoms with Gasteiger partial charge in [0, 0.05) is 24.1 Å². The van der Waals surface area contributed by atoms with Crippen LogP contribution in [0.1, 0.15) is 45.9 Å². The molecular weight excluding hydrogens is 260 g/mol. The maximum atomic E-state index is 8.77. The van der Waals surface area contributed by atoms with Gasteiger partial charge in [-0.3, -0.25) is 0 Å². The number of nitriles is 1. The lowest BCUT2D eigenvalue weighted by molar-refractivity contribution is 0.543. The van der Waals surface area contributed by atoms with Crippen molar-refractivity contribution in [2.75, 3.05) is 11.4 Å². The van der Waals surface area contributed by atoms with E-state index in [1.54, 1.807) is 6.07 Å². The van der Waals surface area contributed by atoms with Crippen molar-refractivity contribution in [3.05, 3.63) is 17.0 Å². The second-order valence-corrected chi connectivity index (χ2v) is 6.34. The van der Waals surface area contributed by atoms with Crippen LogP contribution in [0.25, 0.3) is 0 Å². The molecule has 1 aliphatic carbocycles. The molecule has 0 bridgehead atoms. The summed E-state index contributed by atoms with van der Waals surface area (Å²) < 4.78 is 0. The minimum Gasteiger partial charge on any atom is -0.352 e. The van der Waals surface area contributed by atoms with Gasteiger partial charge in [0.1, 0.15) is 16.8 Å². The lowest BCUT2D eigenvalue weighted by atomic mass is 9.96. The molecule has 1 aromatic heterocycles. The number of anilines is 1. The molecule has 0 aromatic carbocycles. The molecular formula is C14H19ClN4. The van der Waals surface area contributed by atoms with Gasteiger partial charge >= 0.3 is 0 Å². The number of hydrogen-bond acceptors (Lipinski definition) is 4. The summed E-state index contributed by atoms with van der Waals surface area (Å²) in [7, 11) is 0. The topological polar surface area (TPSA) is 52.8 Å². The van der Waals surface area contributed by atoms with Crippen molar-refractivity contribution in [1.82, 2.24) is 9.97 Å². The van der Waals surface area contributed by atoms with Crippen molar-refractivity contribution in [3.8, 4) is 6.07 Å². The first kappa shape index (κ1) is 14.1. The molecule has 0 aliphatic heterocycles. The molecule has 4 nitrogen and oxygen atoms in total. The van der Waals surface area contributed by atoms with E-state index in [0.717, 1.165) is 24.5 Å². The van der Waals surface area contributed by atoms with Crippen LogP contribution in [0.4, 0.5) is 5.82 Å². The van der Waals surface area contributed by atoms with E-state index in [1.807, 2.05) is 0 Å². The summed E-state index contributed by atoms with van der Waals surface area (Å²) in [5.74, 6) is 1.60. The largest absolute Gasteiger partial charge is 0.352 e. The highest BCUT2D eigenvalue weighted by Gasteiger charge is 2.31. The van der Waals surface area contributed by atoms with Crippen LogP contribution in [0, 0.1) is 11.3 Å². The fourth-order valence-corrected chi connectivity index (χ4v) is 2.11. The first-order valence-electron chi connectivity index (χ1n) is 6.60. The molecule has 0 amide bonds. The number of nitrogens with zero attached hydrogens (tertiary/aromatic N) is 4. The monoisotopic (exact) mass is 278 g/mol. The van der Waals surface area contributed by atoms with Crippen LogP contribution in [-0.2, 0) is 5.41 Å². The second-order valence-electron chi connectivity index (χ2n) is 5.96. The van der Waals surface area contributed by atoms with Gasteiger partial charge in [0.25, 0.3) is 0 Å². The Kier molecular flexibility index (Phi) is 3.96. The Morgan fingerprint density at radius 3 is 2.63 bits per heavy atom. The van der Waals surface area contributed by atoms with Gasteiger partial charge in [-0.05, 0) is 12.8 Å². The van der Waals surface area contributed by atoms with E-state index >= 15 is 0 Å². The summed E-state index contributed by atoms with van der Waals surface area (Å²) in [6.45, 7) is 6.91. The highest BCUT2D eigenvalue weighted by molar-refractivity contribution is 6.29. The van der Waals surface area contributed by atoms with Crippen LogP contribution < -0.4 is 4.90 Å². The van der Waals surface area contributed by atoms with Gasteiger partial charge in [0.05, 0.1) is 12.5 Å². The molecule has 19 heavy (non-hydrogen) atoms. The number of hydrogen-bond donors (Lipinski definition) is 0. The molecule has 5 heteroatoms. The van der Waals surface area contributed by atoms with E-state index in [4.69, 9.17) is 16.9 Å². The van der Waals surface area contributed by atoms with Gasteiger partial charge in [-0.25, -0.2) is 9.97 Å². The molecule has 1 heterocycles. The normalized spacial score (nSPS) is 15.1. The van der Waals surface area contributed by atoms with Crippen molar-refractivity contribution < 1.29 is 0 Å². The van der Waals surface area contributed by atoms with Crippen LogP contribution >= 0.6 is 11.6 Å². The van der Waals surface area contributed by atoms with Gasteiger partial charge < -0.3 is 4.90 Å². The van der Waals surface area contributed by atoms with Crippen LogP contribution in [-0.4, -0.2) is 22.6 Å². The Balaban J connectivity index is 2.31. The van der Waals surface area contributed by atoms with Crippen LogP contribution in [0.15, 0.2) is 6.07 Å². The van der Waals surface area contributed by atoms with E-state index in [9.17, 15) is 0 Å². The summed E-state index contributed by atoms with van der Waals surface area (Å²) in [6, 6.07) is 4.50. The molecule has 1 aromatic rings. The Hall–Kier alpha value is -1.34. The van der Waals surface area contributed by atoms with Crippen LogP contribution in [0.3, 0.4) is 0 Å². The summed E-state index contributed by atoms with van der Waals surface area (Å²) in [5, 5.41) is 9.24. The molecule has 0 N–H and O–H groups in total. The molecule has 0 spiro atoms. The third-order valence-corrected chi connectivity index (χ3v) is 3.29. The molecule has 0 atom stereocenters. The Morgan fingerprint density at radius 1 is 1.42 bits per heavy atom. The van der Waals surface area contributed by atoms with Crippen molar-refractivity contribution in [3.63, 3.8) is 0 Å². The predicted octanol–water partition coefficient (Wildman–Crippen LogP) is 3.31. The van der Waals surface area contributed by atoms with Crippen molar-refractivity contribution in [2.24, 2.45) is 0 Å². The first-order valence-corrected chi connectivity index (χ1v) is 6.98. The van der Waals surface area contributed by atoms with Gasteiger partial charge in [-0.1, -0.05) is 32.4 Å². The second kappa shape index (κ2) is 5.34. The third-order valence-electron chi connectivity index (χ3n) is 3.10. The summed E-state index contributed by atoms with van der Waals surface area (Å²) in [6.07, 6.45) is 2.83. The number of halogens is 1. The predicted molar refractivity (Wildman–Crippen MR) is 76.3 cm³/mol. The number of aromatic nitrogens is 2. The zero-order valence-corrected chi connectivity index (χ0v) is 12.4. The maximum absolute atomic E-state index is 8.77. The average Bonchev–Trinajstić information content (AvgIpc) is 3.12. The molecule has 1 saturated carbocycles. The van der Waals surface area contributed by atoms with E-state index < -0.39 is 0 Å². The number of rotatable bonds is 4. The van der Waals surface area contributed by atoms with Crippen molar-refractivity contribution in [2.45, 2.75) is 51.5 Å². The summed E-state index contributed by atoms with van der Waals surface area (Å²) in [4.78, 5) is 11.1. The van der Waals surface area contributed by atoms with Crippen LogP contribution in [0.5, 0.6) is 0 Å². The quantitative estimate of drug-likeness (QED) is 0.793. The Bertz CT molecular complexity index is 497. The molecule has 1 fully saturated rings. The van der Waals surface area contributed by atoms with E-state index in [-0.39, 0.29) is 5.41 Å².